The molecule has 0 fully saturated rings. The highest BCUT2D eigenvalue weighted by Gasteiger charge is 2.15. The molecule has 0 bridgehead atoms. The Morgan fingerprint density at radius 1 is 0.733 bits per heavy atom. The molecule has 3 nitrogen and oxygen atoms in total. The van der Waals surface area contributed by atoms with Gasteiger partial charge in [-0.15, -0.1) is 0 Å². The zero-order valence-electron chi connectivity index (χ0n) is 17.8. The van der Waals surface area contributed by atoms with Gasteiger partial charge >= 0.3 is 0 Å². The first-order valence-corrected chi connectivity index (χ1v) is 10.5. The number of hydrogen-bond donors (Lipinski definition) is 0. The molecule has 3 aromatic rings. The van der Waals surface area contributed by atoms with Crippen molar-refractivity contribution in [1.82, 2.24) is 4.90 Å². The summed E-state index contributed by atoms with van der Waals surface area (Å²) in [6.45, 7) is 1.70. The summed E-state index contributed by atoms with van der Waals surface area (Å²) >= 11 is 0. The van der Waals surface area contributed by atoms with Crippen molar-refractivity contribution < 1.29 is 9.47 Å². The second kappa shape index (κ2) is 9.53. The van der Waals surface area contributed by atoms with E-state index >= 15 is 0 Å². The van der Waals surface area contributed by atoms with Gasteiger partial charge in [-0.3, -0.25) is 0 Å². The van der Waals surface area contributed by atoms with Gasteiger partial charge in [0, 0.05) is 19.3 Å². The Labute approximate surface area is 179 Å². The van der Waals surface area contributed by atoms with Gasteiger partial charge in [0.05, 0.1) is 14.2 Å². The molecular formula is C27H29NO2. The lowest BCUT2D eigenvalue weighted by Crippen LogP contribution is -2.18. The van der Waals surface area contributed by atoms with E-state index in [-0.39, 0.29) is 0 Å². The van der Waals surface area contributed by atoms with Gasteiger partial charge in [-0.2, -0.15) is 0 Å². The van der Waals surface area contributed by atoms with E-state index < -0.39 is 0 Å². The van der Waals surface area contributed by atoms with E-state index in [0.29, 0.717) is 0 Å². The second-order valence-corrected chi connectivity index (χ2v) is 7.77. The molecule has 0 radical (unpaired) electrons. The number of rotatable bonds is 7. The van der Waals surface area contributed by atoms with E-state index in [9.17, 15) is 0 Å². The van der Waals surface area contributed by atoms with E-state index in [0.717, 1.165) is 31.0 Å². The Kier molecular flexibility index (Phi) is 6.38. The maximum absolute atomic E-state index is 5.31. The first kappa shape index (κ1) is 20.1. The number of allylic oxidation sites excluding steroid dienone is 1. The van der Waals surface area contributed by atoms with Crippen LogP contribution in [0.2, 0.25) is 0 Å². The van der Waals surface area contributed by atoms with E-state index in [2.05, 4.69) is 59.6 Å². The van der Waals surface area contributed by atoms with Crippen molar-refractivity contribution >= 4 is 5.57 Å². The van der Waals surface area contributed by atoms with E-state index in [1.54, 1.807) is 14.2 Å². The molecule has 0 heterocycles. The molecule has 0 spiro atoms. The van der Waals surface area contributed by atoms with Crippen LogP contribution in [0.3, 0.4) is 0 Å². The Hall–Kier alpha value is -3.20. The minimum Gasteiger partial charge on any atom is -0.497 e. The Morgan fingerprint density at radius 3 is 1.87 bits per heavy atom. The van der Waals surface area contributed by atoms with Gasteiger partial charge in [0.15, 0.2) is 0 Å². The molecule has 0 saturated carbocycles. The van der Waals surface area contributed by atoms with Crippen LogP contribution in [0.25, 0.3) is 5.57 Å². The highest BCUT2D eigenvalue weighted by atomic mass is 16.5. The van der Waals surface area contributed by atoms with Crippen LogP contribution in [0.5, 0.6) is 11.5 Å². The van der Waals surface area contributed by atoms with Crippen molar-refractivity contribution in [2.75, 3.05) is 14.2 Å². The molecule has 0 unspecified atom stereocenters. The molecule has 4 rings (SSSR count). The Balaban J connectivity index is 1.62. The van der Waals surface area contributed by atoms with Crippen molar-refractivity contribution in [1.29, 1.82) is 0 Å². The third-order valence-corrected chi connectivity index (χ3v) is 5.68. The third-order valence-electron chi connectivity index (χ3n) is 5.68. The topological polar surface area (TPSA) is 21.7 Å². The molecule has 3 heteroatoms. The van der Waals surface area contributed by atoms with E-state index in [1.807, 2.05) is 24.3 Å². The fraction of sp³-hybridized carbons (Fsp3) is 0.259. The van der Waals surface area contributed by atoms with Crippen LogP contribution in [0, 0.1) is 0 Å². The van der Waals surface area contributed by atoms with Crippen molar-refractivity contribution in [2.45, 2.75) is 32.4 Å². The predicted octanol–water partition coefficient (Wildman–Crippen LogP) is 6.08. The number of nitrogens with zero attached hydrogens (tertiary/aromatic N) is 1. The fourth-order valence-corrected chi connectivity index (χ4v) is 4.09. The maximum Gasteiger partial charge on any atom is 0.118 e. The summed E-state index contributed by atoms with van der Waals surface area (Å²) in [6.07, 6.45) is 5.87. The second-order valence-electron chi connectivity index (χ2n) is 7.77. The SMILES string of the molecule is COc1ccc(CN(/C=C2\CCCc3ccccc32)Cc2ccc(OC)cc2)cc1. The highest BCUT2D eigenvalue weighted by Crippen LogP contribution is 2.31. The number of methoxy groups -OCH3 is 2. The van der Waals surface area contributed by atoms with Crippen LogP contribution in [0.4, 0.5) is 0 Å². The van der Waals surface area contributed by atoms with Crippen molar-refractivity contribution in [2.24, 2.45) is 0 Å². The molecule has 1 aliphatic carbocycles. The van der Waals surface area contributed by atoms with Gasteiger partial charge in [-0.25, -0.2) is 0 Å². The van der Waals surface area contributed by atoms with Crippen LogP contribution in [-0.4, -0.2) is 19.1 Å². The summed E-state index contributed by atoms with van der Waals surface area (Å²) in [5.41, 5.74) is 6.83. The van der Waals surface area contributed by atoms with Crippen LogP contribution in [0.15, 0.2) is 79.0 Å². The summed E-state index contributed by atoms with van der Waals surface area (Å²) in [4.78, 5) is 2.42. The zero-order valence-corrected chi connectivity index (χ0v) is 17.8. The smallest absolute Gasteiger partial charge is 0.118 e. The van der Waals surface area contributed by atoms with Crippen molar-refractivity contribution in [3.8, 4) is 11.5 Å². The number of fused-ring (bicyclic) bond motifs is 1. The van der Waals surface area contributed by atoms with Gasteiger partial charge in [-0.1, -0.05) is 48.5 Å². The molecule has 3 aromatic carbocycles. The van der Waals surface area contributed by atoms with Gasteiger partial charge in [0.1, 0.15) is 11.5 Å². The summed E-state index contributed by atoms with van der Waals surface area (Å²) in [5.74, 6) is 1.78. The molecule has 154 valence electrons. The lowest BCUT2D eigenvalue weighted by Gasteiger charge is -2.26. The van der Waals surface area contributed by atoms with E-state index in [1.165, 1.54) is 40.7 Å². The van der Waals surface area contributed by atoms with Crippen molar-refractivity contribution in [3.63, 3.8) is 0 Å². The van der Waals surface area contributed by atoms with Gasteiger partial charge in [-0.05, 0) is 71.4 Å². The molecule has 0 N–H and O–H groups in total. The number of benzene rings is 3. The predicted molar refractivity (Wildman–Crippen MR) is 123 cm³/mol. The monoisotopic (exact) mass is 399 g/mol. The van der Waals surface area contributed by atoms with Crippen LogP contribution < -0.4 is 9.47 Å². The number of ether oxygens (including phenoxy) is 2. The zero-order chi connectivity index (χ0) is 20.8. The molecule has 0 atom stereocenters. The first-order chi connectivity index (χ1) is 14.7. The van der Waals surface area contributed by atoms with Crippen LogP contribution in [0.1, 0.15) is 35.1 Å². The van der Waals surface area contributed by atoms with Crippen LogP contribution >= 0.6 is 0 Å². The molecule has 0 amide bonds. The highest BCUT2D eigenvalue weighted by molar-refractivity contribution is 5.69. The quantitative estimate of drug-likeness (QED) is 0.480. The van der Waals surface area contributed by atoms with Crippen molar-refractivity contribution in [3.05, 3.63) is 101 Å². The fourth-order valence-electron chi connectivity index (χ4n) is 4.09. The molecule has 0 aromatic heterocycles. The Morgan fingerprint density at radius 2 is 1.30 bits per heavy atom. The van der Waals surface area contributed by atoms with Gasteiger partial charge in [0.2, 0.25) is 0 Å². The number of hydrogen-bond acceptors (Lipinski definition) is 3. The minimum atomic E-state index is 0.849. The third kappa shape index (κ3) is 4.85. The largest absolute Gasteiger partial charge is 0.497 e. The minimum absolute atomic E-state index is 0.849. The lowest BCUT2D eigenvalue weighted by atomic mass is 9.88. The molecule has 0 saturated heterocycles. The summed E-state index contributed by atoms with van der Waals surface area (Å²) < 4.78 is 10.6. The van der Waals surface area contributed by atoms with Gasteiger partial charge in [0.25, 0.3) is 0 Å². The summed E-state index contributed by atoms with van der Waals surface area (Å²) in [6, 6.07) is 25.5. The first-order valence-electron chi connectivity index (χ1n) is 10.5. The van der Waals surface area contributed by atoms with E-state index in [4.69, 9.17) is 9.47 Å². The average molecular weight is 400 g/mol. The van der Waals surface area contributed by atoms with Crippen LogP contribution in [-0.2, 0) is 19.5 Å². The molecule has 30 heavy (non-hydrogen) atoms. The molecular weight excluding hydrogens is 370 g/mol. The summed E-state index contributed by atoms with van der Waals surface area (Å²) in [7, 11) is 3.41. The summed E-state index contributed by atoms with van der Waals surface area (Å²) in [5, 5.41) is 0. The van der Waals surface area contributed by atoms with Gasteiger partial charge < -0.3 is 14.4 Å². The number of aryl methyl sites for hydroxylation is 1. The Bertz CT molecular complexity index is 941. The molecule has 0 aliphatic heterocycles. The normalized spacial score (nSPS) is 14.3. The maximum atomic E-state index is 5.31. The average Bonchev–Trinajstić information content (AvgIpc) is 2.80. The standard InChI is InChI=1S/C27H29NO2/c1-29-25-14-10-21(11-15-25)18-28(19-22-12-16-26(30-2)17-13-22)20-24-8-5-7-23-6-3-4-9-27(23)24/h3-4,6,9-17,20H,5,7-8,18-19H2,1-2H3/b24-20+. The molecule has 1 aliphatic rings. The lowest BCUT2D eigenvalue weighted by molar-refractivity contribution is 0.361.